The van der Waals surface area contributed by atoms with E-state index in [1.807, 2.05) is 0 Å². The van der Waals surface area contributed by atoms with Crippen LogP contribution in [0.3, 0.4) is 0 Å². The lowest BCUT2D eigenvalue weighted by Crippen LogP contribution is -2.49. The summed E-state index contributed by atoms with van der Waals surface area (Å²) >= 11 is 0. The zero-order chi connectivity index (χ0) is 15.2. The lowest BCUT2D eigenvalue weighted by Gasteiger charge is -2.45. The van der Waals surface area contributed by atoms with E-state index in [1.165, 1.54) is 0 Å². The predicted octanol–water partition coefficient (Wildman–Crippen LogP) is 4.06. The van der Waals surface area contributed by atoms with Gasteiger partial charge in [0.2, 0.25) is 0 Å². The molecule has 3 heteroatoms. The largest absolute Gasteiger partial charge is 0.349 e. The van der Waals surface area contributed by atoms with Crippen LogP contribution in [0.15, 0.2) is 0 Å². The molecule has 0 aromatic rings. The summed E-state index contributed by atoms with van der Waals surface area (Å²) in [6.07, 6.45) is 0.310. The first-order valence-corrected chi connectivity index (χ1v) is 8.18. The molecule has 0 amide bonds. The average Bonchev–Trinajstić information content (AvgIpc) is 2.57. The molecule has 9 atom stereocenters. The second kappa shape index (κ2) is 5.58. The summed E-state index contributed by atoms with van der Waals surface area (Å²) in [5.41, 5.74) is 0. The van der Waals surface area contributed by atoms with Crippen LogP contribution in [0.25, 0.3) is 0 Å². The molecule has 2 heterocycles. The van der Waals surface area contributed by atoms with Crippen molar-refractivity contribution in [1.29, 1.82) is 0 Å². The summed E-state index contributed by atoms with van der Waals surface area (Å²) in [5.74, 6) is 1.90. The molecule has 0 aromatic carbocycles. The van der Waals surface area contributed by atoms with Crippen LogP contribution in [0.4, 0.5) is 0 Å². The molecule has 0 N–H and O–H groups in total. The van der Waals surface area contributed by atoms with Gasteiger partial charge in [0, 0.05) is 11.8 Å². The predicted molar refractivity (Wildman–Crippen MR) is 80.2 cm³/mol. The van der Waals surface area contributed by atoms with E-state index in [4.69, 9.17) is 14.2 Å². The molecule has 20 heavy (non-hydrogen) atoms. The topological polar surface area (TPSA) is 27.7 Å². The second-order valence-corrected chi connectivity index (χ2v) is 7.39. The molecule has 3 unspecified atom stereocenters. The molecule has 2 aliphatic rings. The minimum atomic E-state index is -0.530. The Morgan fingerprint density at radius 3 is 1.85 bits per heavy atom. The molecular formula is C17H32O3. The van der Waals surface area contributed by atoms with E-state index in [2.05, 4.69) is 55.4 Å². The van der Waals surface area contributed by atoms with Crippen LogP contribution >= 0.6 is 0 Å². The van der Waals surface area contributed by atoms with Crippen molar-refractivity contribution in [3.05, 3.63) is 0 Å². The quantitative estimate of drug-likeness (QED) is 0.765. The molecule has 2 rings (SSSR count). The van der Waals surface area contributed by atoms with Crippen LogP contribution in [-0.4, -0.2) is 24.3 Å². The lowest BCUT2D eigenvalue weighted by molar-refractivity contribution is -0.343. The molecule has 0 aromatic heterocycles. The molecule has 118 valence electrons. The fraction of sp³-hybridized carbons (Fsp3) is 1.00. The maximum Gasteiger partial charge on any atom is 0.171 e. The molecule has 0 aliphatic carbocycles. The van der Waals surface area contributed by atoms with Crippen molar-refractivity contribution >= 4 is 0 Å². The minimum Gasteiger partial charge on any atom is -0.349 e. The Labute approximate surface area is 124 Å². The van der Waals surface area contributed by atoms with Gasteiger partial charge >= 0.3 is 0 Å². The third-order valence-corrected chi connectivity index (χ3v) is 6.30. The van der Waals surface area contributed by atoms with Gasteiger partial charge in [-0.05, 0) is 38.5 Å². The highest BCUT2D eigenvalue weighted by Crippen LogP contribution is 2.44. The van der Waals surface area contributed by atoms with E-state index in [-0.39, 0.29) is 18.5 Å². The van der Waals surface area contributed by atoms with Gasteiger partial charge in [-0.1, -0.05) is 34.6 Å². The number of hydrogen-bond donors (Lipinski definition) is 0. The third kappa shape index (κ3) is 2.65. The second-order valence-electron chi connectivity index (χ2n) is 7.39. The zero-order valence-electron chi connectivity index (χ0n) is 14.3. The third-order valence-electron chi connectivity index (χ3n) is 6.30. The summed E-state index contributed by atoms with van der Waals surface area (Å²) in [6.45, 7) is 17.6. The average molecular weight is 284 g/mol. The van der Waals surface area contributed by atoms with Gasteiger partial charge < -0.3 is 14.2 Å². The van der Waals surface area contributed by atoms with Crippen molar-refractivity contribution in [3.63, 3.8) is 0 Å². The van der Waals surface area contributed by atoms with Crippen molar-refractivity contribution in [2.75, 3.05) is 0 Å². The standard InChI is InChI=1S/C17H32O3/c1-9-10(2)14(6)18-16(11(9)3)20-17(8)13(5)12(4)15(7)19-17/h9-16H,1-8H3/t9-,10+,11?,12?,13+,14?,15-,16-,17-/m0/s1. The highest BCUT2D eigenvalue weighted by atomic mass is 16.8. The van der Waals surface area contributed by atoms with Crippen LogP contribution in [0.1, 0.15) is 55.4 Å². The summed E-state index contributed by atoms with van der Waals surface area (Å²) in [4.78, 5) is 0. The maximum atomic E-state index is 6.35. The minimum absolute atomic E-state index is 0.166. The van der Waals surface area contributed by atoms with Crippen LogP contribution in [0.2, 0.25) is 0 Å². The fourth-order valence-corrected chi connectivity index (χ4v) is 3.58. The molecular weight excluding hydrogens is 252 g/mol. The number of rotatable bonds is 2. The summed E-state index contributed by atoms with van der Waals surface area (Å²) in [6, 6.07) is 0. The normalized spacial score (nSPS) is 57.0. The molecule has 2 saturated heterocycles. The van der Waals surface area contributed by atoms with Crippen LogP contribution in [0.5, 0.6) is 0 Å². The van der Waals surface area contributed by atoms with Crippen molar-refractivity contribution in [3.8, 4) is 0 Å². The molecule has 0 saturated carbocycles. The molecule has 0 spiro atoms. The van der Waals surface area contributed by atoms with Gasteiger partial charge in [-0.2, -0.15) is 0 Å². The van der Waals surface area contributed by atoms with Gasteiger partial charge in [0.15, 0.2) is 12.1 Å². The molecule has 0 radical (unpaired) electrons. The summed E-state index contributed by atoms with van der Waals surface area (Å²) < 4.78 is 18.6. The van der Waals surface area contributed by atoms with E-state index in [0.717, 1.165) is 0 Å². The van der Waals surface area contributed by atoms with Gasteiger partial charge in [-0.25, -0.2) is 0 Å². The van der Waals surface area contributed by atoms with Gasteiger partial charge in [-0.15, -0.1) is 0 Å². The molecule has 3 nitrogen and oxygen atoms in total. The summed E-state index contributed by atoms with van der Waals surface area (Å²) in [7, 11) is 0. The Kier molecular flexibility index (Phi) is 4.54. The van der Waals surface area contributed by atoms with Crippen LogP contribution < -0.4 is 0 Å². The van der Waals surface area contributed by atoms with Crippen molar-refractivity contribution in [2.45, 2.75) is 79.7 Å². The van der Waals surface area contributed by atoms with Crippen LogP contribution in [-0.2, 0) is 14.2 Å². The highest BCUT2D eigenvalue weighted by Gasteiger charge is 2.50. The Bertz CT molecular complexity index is 345. The molecule has 0 bridgehead atoms. The lowest BCUT2D eigenvalue weighted by atomic mass is 9.79. The molecule has 2 fully saturated rings. The number of ether oxygens (including phenoxy) is 3. The number of hydrogen-bond acceptors (Lipinski definition) is 3. The Balaban J connectivity index is 2.09. The molecule has 2 aliphatic heterocycles. The zero-order valence-corrected chi connectivity index (χ0v) is 14.3. The SMILES string of the molecule is CC1[C@H](O[C@]2(C)O[C@@H](C)C(C)[C@H]2C)OC(C)[C@H](C)[C@@H]1C. The van der Waals surface area contributed by atoms with Crippen LogP contribution in [0, 0.1) is 29.6 Å². The van der Waals surface area contributed by atoms with Gasteiger partial charge in [0.25, 0.3) is 0 Å². The first kappa shape index (κ1) is 16.3. The summed E-state index contributed by atoms with van der Waals surface area (Å²) in [5, 5.41) is 0. The van der Waals surface area contributed by atoms with E-state index in [1.54, 1.807) is 0 Å². The Hall–Kier alpha value is -0.120. The van der Waals surface area contributed by atoms with E-state index in [0.29, 0.717) is 29.6 Å². The monoisotopic (exact) mass is 284 g/mol. The Morgan fingerprint density at radius 2 is 1.35 bits per heavy atom. The first-order chi connectivity index (χ1) is 9.17. The maximum absolute atomic E-state index is 6.35. The van der Waals surface area contributed by atoms with E-state index >= 15 is 0 Å². The highest BCUT2D eigenvalue weighted by molar-refractivity contribution is 4.89. The van der Waals surface area contributed by atoms with Crippen molar-refractivity contribution < 1.29 is 14.2 Å². The van der Waals surface area contributed by atoms with Gasteiger partial charge in [-0.3, -0.25) is 0 Å². The van der Waals surface area contributed by atoms with Gasteiger partial charge in [0.1, 0.15) is 0 Å². The van der Waals surface area contributed by atoms with Gasteiger partial charge in [0.05, 0.1) is 12.2 Å². The first-order valence-electron chi connectivity index (χ1n) is 8.18. The smallest absolute Gasteiger partial charge is 0.171 e. The van der Waals surface area contributed by atoms with E-state index < -0.39 is 5.79 Å². The Morgan fingerprint density at radius 1 is 0.750 bits per heavy atom. The van der Waals surface area contributed by atoms with E-state index in [9.17, 15) is 0 Å². The van der Waals surface area contributed by atoms with Crippen molar-refractivity contribution in [1.82, 2.24) is 0 Å². The van der Waals surface area contributed by atoms with Crippen molar-refractivity contribution in [2.24, 2.45) is 29.6 Å². The fourth-order valence-electron chi connectivity index (χ4n) is 3.58.